The number of halogens is 1. The second-order valence-electron chi connectivity index (χ2n) is 8.62. The van der Waals surface area contributed by atoms with Gasteiger partial charge in [0.15, 0.2) is 5.15 Å². The lowest BCUT2D eigenvalue weighted by molar-refractivity contribution is -0.00347. The van der Waals surface area contributed by atoms with Crippen molar-refractivity contribution in [3.05, 3.63) is 47.5 Å². The first-order valence-electron chi connectivity index (χ1n) is 11.3. The first-order chi connectivity index (χ1) is 16.1. The van der Waals surface area contributed by atoms with Crippen LogP contribution in [0.2, 0.25) is 5.15 Å². The number of nitrogens with one attached hydrogen (secondary N) is 3. The van der Waals surface area contributed by atoms with Crippen molar-refractivity contribution in [1.82, 2.24) is 25.3 Å². The number of aromatic nitrogens is 4. The quantitative estimate of drug-likeness (QED) is 0.453. The van der Waals surface area contributed by atoms with Crippen LogP contribution in [0.25, 0.3) is 10.9 Å². The van der Waals surface area contributed by atoms with Gasteiger partial charge >= 0.3 is 0 Å². The van der Waals surface area contributed by atoms with Crippen LogP contribution >= 0.6 is 11.6 Å². The zero-order valence-electron chi connectivity index (χ0n) is 18.1. The number of pyridine rings is 2. The number of hydrogen-bond acceptors (Lipinski definition) is 8. The molecule has 0 radical (unpaired) electrons. The van der Waals surface area contributed by atoms with Crippen LogP contribution < -0.4 is 16.0 Å². The number of fused-ring (bicyclic) bond motifs is 1. The van der Waals surface area contributed by atoms with Gasteiger partial charge in [0.05, 0.1) is 24.8 Å². The second kappa shape index (κ2) is 9.84. The van der Waals surface area contributed by atoms with Gasteiger partial charge in [-0.3, -0.25) is 4.79 Å². The molecule has 0 atom stereocenters. The van der Waals surface area contributed by atoms with E-state index < -0.39 is 0 Å². The Kier molecular flexibility index (Phi) is 6.50. The molecule has 10 heteroatoms. The maximum Gasteiger partial charge on any atom is 0.254 e. The van der Waals surface area contributed by atoms with Gasteiger partial charge in [0.25, 0.3) is 5.91 Å². The van der Waals surface area contributed by atoms with E-state index in [1.54, 1.807) is 18.6 Å². The van der Waals surface area contributed by atoms with E-state index in [9.17, 15) is 4.79 Å². The minimum absolute atomic E-state index is 0.0896. The fourth-order valence-electron chi connectivity index (χ4n) is 4.17. The van der Waals surface area contributed by atoms with Crippen molar-refractivity contribution >= 4 is 40.2 Å². The molecule has 0 unspecified atom stereocenters. The highest BCUT2D eigenvalue weighted by Crippen LogP contribution is 2.27. The minimum Gasteiger partial charge on any atom is -0.377 e. The van der Waals surface area contributed by atoms with Gasteiger partial charge in [-0.25, -0.2) is 19.9 Å². The van der Waals surface area contributed by atoms with Gasteiger partial charge in [0.1, 0.15) is 11.3 Å². The van der Waals surface area contributed by atoms with Crippen LogP contribution in [-0.2, 0) is 4.74 Å². The third-order valence-corrected chi connectivity index (χ3v) is 6.48. The van der Waals surface area contributed by atoms with E-state index in [2.05, 4.69) is 35.9 Å². The highest BCUT2D eigenvalue weighted by atomic mass is 35.5. The van der Waals surface area contributed by atoms with Gasteiger partial charge < -0.3 is 20.7 Å². The lowest BCUT2D eigenvalue weighted by Gasteiger charge is -2.29. The molecule has 5 rings (SSSR count). The Morgan fingerprint density at radius 3 is 2.55 bits per heavy atom. The Bertz CT molecular complexity index is 1120. The second-order valence-corrected chi connectivity index (χ2v) is 8.97. The molecule has 9 nitrogen and oxygen atoms in total. The summed E-state index contributed by atoms with van der Waals surface area (Å²) in [6.07, 6.45) is 9.15. The molecule has 3 aromatic rings. The third-order valence-electron chi connectivity index (χ3n) is 6.20. The molecule has 2 fully saturated rings. The van der Waals surface area contributed by atoms with Crippen LogP contribution in [0.4, 0.5) is 11.8 Å². The molecule has 33 heavy (non-hydrogen) atoms. The van der Waals surface area contributed by atoms with Gasteiger partial charge in [-0.2, -0.15) is 0 Å². The van der Waals surface area contributed by atoms with Gasteiger partial charge in [-0.05, 0) is 49.8 Å². The Labute approximate surface area is 196 Å². The number of carbonyl (C=O) groups is 1. The van der Waals surface area contributed by atoms with Crippen LogP contribution in [0.15, 0.2) is 36.8 Å². The highest BCUT2D eigenvalue weighted by Gasteiger charge is 2.23. The molecular weight excluding hydrogens is 442 g/mol. The number of rotatable bonds is 7. The predicted octanol–water partition coefficient (Wildman–Crippen LogP) is 3.28. The van der Waals surface area contributed by atoms with E-state index >= 15 is 0 Å². The van der Waals surface area contributed by atoms with Crippen molar-refractivity contribution < 1.29 is 9.53 Å². The van der Waals surface area contributed by atoms with Crippen LogP contribution in [-0.4, -0.2) is 57.7 Å². The Morgan fingerprint density at radius 2 is 1.82 bits per heavy atom. The van der Waals surface area contributed by atoms with Crippen molar-refractivity contribution in [3.63, 3.8) is 0 Å². The smallest absolute Gasteiger partial charge is 0.254 e. The lowest BCUT2D eigenvalue weighted by atomic mass is 9.86. The van der Waals surface area contributed by atoms with E-state index in [4.69, 9.17) is 16.3 Å². The van der Waals surface area contributed by atoms with E-state index in [1.807, 2.05) is 18.2 Å². The van der Waals surface area contributed by atoms with Crippen molar-refractivity contribution in [2.75, 3.05) is 30.4 Å². The lowest BCUT2D eigenvalue weighted by Crippen LogP contribution is -2.48. The Hall–Kier alpha value is -3.04. The van der Waals surface area contributed by atoms with Gasteiger partial charge in [-0.15, -0.1) is 0 Å². The fourth-order valence-corrected chi connectivity index (χ4v) is 4.38. The normalized spacial score (nSPS) is 20.8. The van der Waals surface area contributed by atoms with Crippen LogP contribution in [0, 0.1) is 5.92 Å². The van der Waals surface area contributed by atoms with Crippen molar-refractivity contribution in [2.24, 2.45) is 5.92 Å². The van der Waals surface area contributed by atoms with Gasteiger partial charge in [0, 0.05) is 36.6 Å². The van der Waals surface area contributed by atoms with E-state index in [-0.39, 0.29) is 11.9 Å². The topological polar surface area (TPSA) is 114 Å². The zero-order valence-corrected chi connectivity index (χ0v) is 18.9. The van der Waals surface area contributed by atoms with Crippen molar-refractivity contribution in [2.45, 2.75) is 37.8 Å². The third kappa shape index (κ3) is 5.31. The summed E-state index contributed by atoms with van der Waals surface area (Å²) in [5.74, 6) is 1.77. The Balaban J connectivity index is 1.07. The molecule has 4 heterocycles. The summed E-state index contributed by atoms with van der Waals surface area (Å²) in [5.41, 5.74) is 1.18. The molecule has 1 aliphatic carbocycles. The molecule has 2 aliphatic rings. The molecule has 1 saturated carbocycles. The summed E-state index contributed by atoms with van der Waals surface area (Å²) in [5, 5.41) is 11.1. The highest BCUT2D eigenvalue weighted by molar-refractivity contribution is 6.33. The van der Waals surface area contributed by atoms with E-state index in [0.717, 1.165) is 48.9 Å². The predicted molar refractivity (Wildman–Crippen MR) is 127 cm³/mol. The maximum absolute atomic E-state index is 12.1. The summed E-state index contributed by atoms with van der Waals surface area (Å²) < 4.78 is 5.07. The molecule has 0 aromatic carbocycles. The summed E-state index contributed by atoms with van der Waals surface area (Å²) >= 11 is 6.19. The van der Waals surface area contributed by atoms with E-state index in [0.29, 0.717) is 41.8 Å². The number of amides is 1. The van der Waals surface area contributed by atoms with Gasteiger partial charge in [-0.1, -0.05) is 11.6 Å². The monoisotopic (exact) mass is 467 g/mol. The maximum atomic E-state index is 12.1. The molecular formula is C23H26ClN7O2. The fraction of sp³-hybridized carbons (Fsp3) is 0.435. The minimum atomic E-state index is -0.167. The SMILES string of the molecule is O=C(NC1COC1)c1cnc(NCC2CCC(Nc3ccc4ccnc(Cl)c4n3)CC2)nc1. The molecule has 0 bridgehead atoms. The Morgan fingerprint density at radius 1 is 1.03 bits per heavy atom. The number of carbonyl (C=O) groups excluding carboxylic acids is 1. The number of anilines is 2. The first kappa shape index (κ1) is 21.8. The molecule has 1 aliphatic heterocycles. The summed E-state index contributed by atoms with van der Waals surface area (Å²) in [4.78, 5) is 29.4. The van der Waals surface area contributed by atoms with Gasteiger partial charge in [0.2, 0.25) is 5.95 Å². The zero-order chi connectivity index (χ0) is 22.6. The average Bonchev–Trinajstić information content (AvgIpc) is 2.82. The van der Waals surface area contributed by atoms with Crippen molar-refractivity contribution in [1.29, 1.82) is 0 Å². The molecule has 1 amide bonds. The average molecular weight is 468 g/mol. The summed E-state index contributed by atoms with van der Waals surface area (Å²) in [6.45, 7) is 1.94. The first-order valence-corrected chi connectivity index (χ1v) is 11.6. The molecule has 0 spiro atoms. The molecule has 3 N–H and O–H groups in total. The number of ether oxygens (including phenoxy) is 1. The number of nitrogens with zero attached hydrogens (tertiary/aromatic N) is 4. The van der Waals surface area contributed by atoms with Crippen LogP contribution in [0.5, 0.6) is 0 Å². The molecule has 3 aromatic heterocycles. The summed E-state index contributed by atoms with van der Waals surface area (Å²) in [6, 6.07) is 6.40. The summed E-state index contributed by atoms with van der Waals surface area (Å²) in [7, 11) is 0. The van der Waals surface area contributed by atoms with Crippen molar-refractivity contribution in [3.8, 4) is 0 Å². The largest absolute Gasteiger partial charge is 0.377 e. The number of hydrogen-bond donors (Lipinski definition) is 3. The van der Waals surface area contributed by atoms with Crippen LogP contribution in [0.1, 0.15) is 36.0 Å². The molecule has 1 saturated heterocycles. The van der Waals surface area contributed by atoms with E-state index in [1.165, 1.54) is 0 Å². The van der Waals surface area contributed by atoms with Crippen LogP contribution in [0.3, 0.4) is 0 Å². The molecule has 172 valence electrons. The standard InChI is InChI=1S/C23H26ClN7O2/c24-21-20-15(7-8-25-21)3-6-19(31-20)29-17-4-1-14(2-5-17)9-26-23-27-10-16(11-28-23)22(32)30-18-12-33-13-18/h3,6-8,10-11,14,17-18H,1-2,4-5,9,12-13H2,(H,29,31)(H,30,32)(H,26,27,28).